The van der Waals surface area contributed by atoms with Crippen molar-refractivity contribution in [1.29, 1.82) is 0 Å². The van der Waals surface area contributed by atoms with Gasteiger partial charge in [0.05, 0.1) is 13.2 Å². The van der Waals surface area contributed by atoms with E-state index in [0.717, 1.165) is 24.8 Å². The molecule has 0 radical (unpaired) electrons. The molecule has 3 nitrogen and oxygen atoms in total. The molecule has 0 amide bonds. The van der Waals surface area contributed by atoms with Gasteiger partial charge in [-0.05, 0) is 32.1 Å². The number of aliphatic hydroxyl groups is 1. The second kappa shape index (κ2) is 8.48. The van der Waals surface area contributed by atoms with Crippen LogP contribution in [0.4, 0.5) is 0 Å². The third-order valence-corrected chi connectivity index (χ3v) is 2.32. The number of ether oxygens (including phenoxy) is 1. The van der Waals surface area contributed by atoms with E-state index >= 15 is 0 Å². The Balaban J connectivity index is 3.49. The number of hydrogen-bond donors (Lipinski definition) is 1. The smallest absolute Gasteiger partial charge is 0.302 e. The largest absolute Gasteiger partial charge is 0.466 e. The Bertz CT molecular complexity index is 209. The molecule has 0 heterocycles. The van der Waals surface area contributed by atoms with Gasteiger partial charge < -0.3 is 9.84 Å². The first-order valence-corrected chi connectivity index (χ1v) is 5.46. The Morgan fingerprint density at radius 1 is 1.40 bits per heavy atom. The van der Waals surface area contributed by atoms with Crippen LogP contribution in [0.3, 0.4) is 0 Å². The first kappa shape index (κ1) is 14.2. The molecule has 1 unspecified atom stereocenters. The molecule has 88 valence electrons. The van der Waals surface area contributed by atoms with E-state index in [-0.39, 0.29) is 12.6 Å². The highest BCUT2D eigenvalue weighted by Gasteiger charge is 2.02. The minimum Gasteiger partial charge on any atom is -0.466 e. The Morgan fingerprint density at radius 2 is 2.07 bits per heavy atom. The summed E-state index contributed by atoms with van der Waals surface area (Å²) in [6, 6.07) is 0. The van der Waals surface area contributed by atoms with Crippen molar-refractivity contribution >= 4 is 5.97 Å². The number of carbonyl (C=O) groups is 1. The zero-order valence-electron chi connectivity index (χ0n) is 9.95. The van der Waals surface area contributed by atoms with Crippen LogP contribution in [0, 0.1) is 5.92 Å². The van der Waals surface area contributed by atoms with Gasteiger partial charge in [0.1, 0.15) is 0 Å². The molecule has 0 bridgehead atoms. The third kappa shape index (κ3) is 9.47. The average Bonchev–Trinajstić information content (AvgIpc) is 2.17. The van der Waals surface area contributed by atoms with Crippen molar-refractivity contribution in [2.45, 2.75) is 40.0 Å². The average molecular weight is 214 g/mol. The van der Waals surface area contributed by atoms with Gasteiger partial charge in [-0.1, -0.05) is 18.6 Å². The third-order valence-electron chi connectivity index (χ3n) is 2.32. The molecule has 0 saturated heterocycles. The normalized spacial score (nSPS) is 13.7. The van der Waals surface area contributed by atoms with E-state index < -0.39 is 0 Å². The second-order valence-corrected chi connectivity index (χ2v) is 4.02. The molecule has 0 aromatic rings. The van der Waals surface area contributed by atoms with E-state index in [1.165, 1.54) is 6.92 Å². The van der Waals surface area contributed by atoms with Crippen LogP contribution in [-0.4, -0.2) is 24.3 Å². The van der Waals surface area contributed by atoms with E-state index in [2.05, 4.69) is 13.0 Å². The number of aliphatic hydroxyl groups excluding tert-OH is 1. The maximum atomic E-state index is 10.5. The molecule has 1 atom stereocenters. The van der Waals surface area contributed by atoms with E-state index in [0.29, 0.717) is 12.5 Å². The van der Waals surface area contributed by atoms with Crippen LogP contribution in [0.15, 0.2) is 11.6 Å². The fraction of sp³-hybridized carbons (Fsp3) is 0.750. The van der Waals surface area contributed by atoms with Gasteiger partial charge in [0, 0.05) is 6.92 Å². The van der Waals surface area contributed by atoms with Gasteiger partial charge in [0.25, 0.3) is 0 Å². The molecule has 0 rings (SSSR count). The topological polar surface area (TPSA) is 46.5 Å². The van der Waals surface area contributed by atoms with Crippen LogP contribution >= 0.6 is 0 Å². The molecule has 0 aliphatic rings. The minimum absolute atomic E-state index is 0.141. The molecule has 15 heavy (non-hydrogen) atoms. The van der Waals surface area contributed by atoms with E-state index in [9.17, 15) is 4.79 Å². The van der Waals surface area contributed by atoms with Crippen molar-refractivity contribution < 1.29 is 14.6 Å². The highest BCUT2D eigenvalue weighted by molar-refractivity contribution is 5.65. The number of allylic oxidation sites excluding steroid dienone is 1. The van der Waals surface area contributed by atoms with Crippen LogP contribution in [0.2, 0.25) is 0 Å². The molecule has 0 fully saturated rings. The lowest BCUT2D eigenvalue weighted by Crippen LogP contribution is -2.05. The van der Waals surface area contributed by atoms with Crippen molar-refractivity contribution in [2.75, 3.05) is 13.2 Å². The molecule has 0 saturated carbocycles. The fourth-order valence-corrected chi connectivity index (χ4v) is 1.23. The molecule has 1 N–H and O–H groups in total. The lowest BCUT2D eigenvalue weighted by atomic mass is 10.0. The summed E-state index contributed by atoms with van der Waals surface area (Å²) in [6.45, 7) is 6.15. The summed E-state index contributed by atoms with van der Waals surface area (Å²) in [5.41, 5.74) is 1.02. The zero-order valence-corrected chi connectivity index (χ0v) is 9.95. The molecular weight excluding hydrogens is 192 g/mol. The van der Waals surface area contributed by atoms with Crippen LogP contribution in [0.5, 0.6) is 0 Å². The summed E-state index contributed by atoms with van der Waals surface area (Å²) in [7, 11) is 0. The lowest BCUT2D eigenvalue weighted by Gasteiger charge is -2.09. The van der Waals surface area contributed by atoms with Crippen LogP contribution < -0.4 is 0 Å². The first-order valence-electron chi connectivity index (χ1n) is 5.46. The van der Waals surface area contributed by atoms with Crippen molar-refractivity contribution in [3.63, 3.8) is 0 Å². The van der Waals surface area contributed by atoms with Gasteiger partial charge in [0.15, 0.2) is 0 Å². The van der Waals surface area contributed by atoms with Crippen LogP contribution in [-0.2, 0) is 9.53 Å². The molecule has 0 aliphatic heterocycles. The molecule has 0 aromatic heterocycles. The standard InChI is InChI=1S/C12H22O3/c1-10(7-8-15-12(3)14)5-4-6-11(2)9-13/h6,10,13H,4-5,7-9H2,1-3H3/b11-6+. The van der Waals surface area contributed by atoms with Crippen molar-refractivity contribution in [3.8, 4) is 0 Å². The molecule has 0 spiro atoms. The summed E-state index contributed by atoms with van der Waals surface area (Å²) < 4.78 is 4.87. The summed E-state index contributed by atoms with van der Waals surface area (Å²) in [6.07, 6.45) is 5.01. The van der Waals surface area contributed by atoms with Gasteiger partial charge in [-0.2, -0.15) is 0 Å². The Hall–Kier alpha value is -0.830. The number of rotatable bonds is 7. The van der Waals surface area contributed by atoms with E-state index in [1.54, 1.807) is 0 Å². The lowest BCUT2D eigenvalue weighted by molar-refractivity contribution is -0.141. The highest BCUT2D eigenvalue weighted by Crippen LogP contribution is 2.11. The van der Waals surface area contributed by atoms with Gasteiger partial charge >= 0.3 is 5.97 Å². The van der Waals surface area contributed by atoms with Crippen molar-refractivity contribution in [1.82, 2.24) is 0 Å². The number of hydrogen-bond acceptors (Lipinski definition) is 3. The molecular formula is C12H22O3. The first-order chi connectivity index (χ1) is 7.06. The van der Waals surface area contributed by atoms with Crippen LogP contribution in [0.25, 0.3) is 0 Å². The minimum atomic E-state index is -0.210. The SMILES string of the molecule is CC(=O)OCCC(C)CC/C=C(\C)CO. The van der Waals surface area contributed by atoms with Crippen molar-refractivity contribution in [2.24, 2.45) is 5.92 Å². The predicted molar refractivity (Wildman–Crippen MR) is 60.5 cm³/mol. The summed E-state index contributed by atoms with van der Waals surface area (Å²) in [4.78, 5) is 10.5. The van der Waals surface area contributed by atoms with Gasteiger partial charge in [-0.25, -0.2) is 0 Å². The number of esters is 1. The summed E-state index contributed by atoms with van der Waals surface area (Å²) >= 11 is 0. The monoisotopic (exact) mass is 214 g/mol. The Labute approximate surface area is 92.1 Å². The van der Waals surface area contributed by atoms with Gasteiger partial charge in [-0.15, -0.1) is 0 Å². The molecule has 0 aromatic carbocycles. The maximum absolute atomic E-state index is 10.5. The second-order valence-electron chi connectivity index (χ2n) is 4.02. The van der Waals surface area contributed by atoms with E-state index in [4.69, 9.17) is 9.84 Å². The summed E-state index contributed by atoms with van der Waals surface area (Å²) in [5.74, 6) is 0.338. The highest BCUT2D eigenvalue weighted by atomic mass is 16.5. The number of carbonyl (C=O) groups excluding carboxylic acids is 1. The van der Waals surface area contributed by atoms with Gasteiger partial charge in [0.2, 0.25) is 0 Å². The maximum Gasteiger partial charge on any atom is 0.302 e. The predicted octanol–water partition coefficient (Wildman–Crippen LogP) is 2.29. The Morgan fingerprint density at radius 3 is 2.60 bits per heavy atom. The quantitative estimate of drug-likeness (QED) is 0.522. The van der Waals surface area contributed by atoms with E-state index in [1.807, 2.05) is 6.92 Å². The Kier molecular flexibility index (Phi) is 8.01. The fourth-order valence-electron chi connectivity index (χ4n) is 1.23. The van der Waals surface area contributed by atoms with Crippen LogP contribution in [0.1, 0.15) is 40.0 Å². The van der Waals surface area contributed by atoms with Crippen molar-refractivity contribution in [3.05, 3.63) is 11.6 Å². The van der Waals surface area contributed by atoms with Gasteiger partial charge in [-0.3, -0.25) is 4.79 Å². The zero-order chi connectivity index (χ0) is 11.7. The molecule has 3 heteroatoms. The molecule has 0 aliphatic carbocycles. The summed E-state index contributed by atoms with van der Waals surface area (Å²) in [5, 5.41) is 8.78.